The Morgan fingerprint density at radius 2 is 2.44 bits per heavy atom. The first-order valence-corrected chi connectivity index (χ1v) is 7.65. The van der Waals surface area contributed by atoms with Gasteiger partial charge in [-0.15, -0.1) is 11.3 Å². The van der Waals surface area contributed by atoms with Crippen LogP contribution >= 0.6 is 27.3 Å². The molecule has 0 amide bonds. The number of hydrogen-bond acceptors (Lipinski definition) is 3. The molecule has 1 aromatic heterocycles. The Hall–Kier alpha value is 0.1000. The largest absolute Gasteiger partial charge is 0.329 e. The zero-order chi connectivity index (χ0) is 11.1. The van der Waals surface area contributed by atoms with E-state index in [9.17, 15) is 0 Å². The van der Waals surface area contributed by atoms with Crippen LogP contribution in [0.3, 0.4) is 0 Å². The number of fused-ring (bicyclic) bond motifs is 2. The van der Waals surface area contributed by atoms with Crippen molar-refractivity contribution in [2.75, 3.05) is 13.1 Å². The minimum absolute atomic E-state index is 0.435. The Morgan fingerprint density at radius 1 is 1.56 bits per heavy atom. The van der Waals surface area contributed by atoms with Crippen LogP contribution in [0.1, 0.15) is 30.2 Å². The predicted octanol–water partition coefficient (Wildman–Crippen LogP) is 2.99. The number of piperidine rings is 1. The third kappa shape index (κ3) is 1.76. The van der Waals surface area contributed by atoms with E-state index in [1.54, 1.807) is 0 Å². The molecule has 1 saturated carbocycles. The summed E-state index contributed by atoms with van der Waals surface area (Å²) in [5.74, 6) is 0.942. The standard InChI is InChI=1S/C12H17BrN2S/c13-10-3-4-16-12(10)11(6-14)15-7-8-1-2-9(15)5-8/h3-4,8-9,11H,1-2,5-7,14H2. The average Bonchev–Trinajstić information content (AvgIpc) is 2.97. The monoisotopic (exact) mass is 300 g/mol. The summed E-state index contributed by atoms with van der Waals surface area (Å²) in [6, 6.07) is 3.37. The van der Waals surface area contributed by atoms with Crippen molar-refractivity contribution in [1.29, 1.82) is 0 Å². The Labute approximate surface area is 109 Å². The smallest absolute Gasteiger partial charge is 0.0578 e. The zero-order valence-corrected chi connectivity index (χ0v) is 11.6. The molecule has 2 bridgehead atoms. The molecule has 1 aliphatic carbocycles. The lowest BCUT2D eigenvalue weighted by molar-refractivity contribution is 0.155. The maximum Gasteiger partial charge on any atom is 0.0578 e. The molecule has 2 N–H and O–H groups in total. The zero-order valence-electron chi connectivity index (χ0n) is 9.23. The number of nitrogens with zero attached hydrogens (tertiary/aromatic N) is 1. The van der Waals surface area contributed by atoms with Gasteiger partial charge in [0.15, 0.2) is 0 Å². The van der Waals surface area contributed by atoms with E-state index >= 15 is 0 Å². The van der Waals surface area contributed by atoms with Crippen LogP contribution in [0.5, 0.6) is 0 Å². The summed E-state index contributed by atoms with van der Waals surface area (Å²) in [6.45, 7) is 2.00. The van der Waals surface area contributed by atoms with Gasteiger partial charge in [0.25, 0.3) is 0 Å². The Bertz CT molecular complexity index is 379. The average molecular weight is 301 g/mol. The van der Waals surface area contributed by atoms with Crippen molar-refractivity contribution in [1.82, 2.24) is 4.90 Å². The Morgan fingerprint density at radius 3 is 2.94 bits per heavy atom. The number of nitrogens with two attached hydrogens (primary N) is 1. The summed E-state index contributed by atoms with van der Waals surface area (Å²) in [4.78, 5) is 4.06. The van der Waals surface area contributed by atoms with Crippen molar-refractivity contribution in [3.63, 3.8) is 0 Å². The van der Waals surface area contributed by atoms with Crippen LogP contribution < -0.4 is 5.73 Å². The SMILES string of the molecule is NCC(c1sccc1Br)N1CC2CCC1C2. The van der Waals surface area contributed by atoms with E-state index in [0.29, 0.717) is 6.04 Å². The second-order valence-corrected chi connectivity index (χ2v) is 6.72. The molecule has 1 saturated heterocycles. The molecule has 0 radical (unpaired) electrons. The van der Waals surface area contributed by atoms with Crippen molar-refractivity contribution < 1.29 is 0 Å². The van der Waals surface area contributed by atoms with Crippen LogP contribution in [-0.4, -0.2) is 24.0 Å². The summed E-state index contributed by atoms with van der Waals surface area (Å²) < 4.78 is 1.23. The predicted molar refractivity (Wildman–Crippen MR) is 71.6 cm³/mol. The molecule has 3 rings (SSSR count). The summed E-state index contributed by atoms with van der Waals surface area (Å²) >= 11 is 5.46. The van der Waals surface area contributed by atoms with Gasteiger partial charge in [-0.25, -0.2) is 0 Å². The van der Waals surface area contributed by atoms with Gasteiger partial charge in [0.05, 0.1) is 6.04 Å². The van der Waals surface area contributed by atoms with E-state index in [1.807, 2.05) is 11.3 Å². The third-order valence-electron chi connectivity index (χ3n) is 4.02. The van der Waals surface area contributed by atoms with Crippen molar-refractivity contribution in [2.45, 2.75) is 31.3 Å². The first-order valence-electron chi connectivity index (χ1n) is 5.98. The van der Waals surface area contributed by atoms with Gasteiger partial charge in [-0.05, 0) is 52.6 Å². The first-order chi connectivity index (χ1) is 7.79. The topological polar surface area (TPSA) is 29.3 Å². The van der Waals surface area contributed by atoms with Crippen molar-refractivity contribution in [3.8, 4) is 0 Å². The molecule has 2 heterocycles. The van der Waals surface area contributed by atoms with Gasteiger partial charge in [-0.3, -0.25) is 4.90 Å². The van der Waals surface area contributed by atoms with Gasteiger partial charge < -0.3 is 5.73 Å². The molecular weight excluding hydrogens is 284 g/mol. The fourth-order valence-corrected chi connectivity index (χ4v) is 5.05. The van der Waals surface area contributed by atoms with Gasteiger partial charge in [-0.1, -0.05) is 0 Å². The summed E-state index contributed by atoms with van der Waals surface area (Å²) in [6.07, 6.45) is 4.22. The fourth-order valence-electron chi connectivity index (χ4n) is 3.28. The highest BCUT2D eigenvalue weighted by atomic mass is 79.9. The number of likely N-dealkylation sites (tertiary alicyclic amines) is 1. The molecule has 16 heavy (non-hydrogen) atoms. The molecule has 1 aromatic rings. The molecule has 3 atom stereocenters. The Kier molecular flexibility index (Phi) is 3.09. The highest BCUT2D eigenvalue weighted by Crippen LogP contribution is 2.43. The molecular formula is C12H17BrN2S. The Balaban J connectivity index is 1.84. The van der Waals surface area contributed by atoms with Crippen LogP contribution in [-0.2, 0) is 0 Å². The molecule has 0 aromatic carbocycles. The maximum atomic E-state index is 5.99. The van der Waals surface area contributed by atoms with Crippen LogP contribution in [0.4, 0.5) is 0 Å². The molecule has 4 heteroatoms. The molecule has 88 valence electrons. The highest BCUT2D eigenvalue weighted by Gasteiger charge is 2.41. The summed E-state index contributed by atoms with van der Waals surface area (Å²) in [7, 11) is 0. The van der Waals surface area contributed by atoms with Crippen LogP contribution in [0, 0.1) is 5.92 Å². The quantitative estimate of drug-likeness (QED) is 0.930. The van der Waals surface area contributed by atoms with Gasteiger partial charge in [0, 0.05) is 28.5 Å². The molecule has 2 nitrogen and oxygen atoms in total. The second-order valence-electron chi connectivity index (χ2n) is 4.91. The van der Waals surface area contributed by atoms with E-state index in [2.05, 4.69) is 32.3 Å². The van der Waals surface area contributed by atoms with Crippen molar-refractivity contribution in [2.24, 2.45) is 11.7 Å². The highest BCUT2D eigenvalue weighted by molar-refractivity contribution is 9.10. The van der Waals surface area contributed by atoms with E-state index < -0.39 is 0 Å². The number of halogens is 1. The van der Waals surface area contributed by atoms with E-state index in [-0.39, 0.29) is 0 Å². The molecule has 3 unspecified atom stereocenters. The van der Waals surface area contributed by atoms with Gasteiger partial charge in [0.1, 0.15) is 0 Å². The summed E-state index contributed by atoms with van der Waals surface area (Å²) in [5, 5.41) is 2.15. The van der Waals surface area contributed by atoms with E-state index in [1.165, 1.54) is 35.2 Å². The van der Waals surface area contributed by atoms with Crippen LogP contribution in [0.2, 0.25) is 0 Å². The van der Waals surface area contributed by atoms with Crippen LogP contribution in [0.25, 0.3) is 0 Å². The van der Waals surface area contributed by atoms with Gasteiger partial charge in [-0.2, -0.15) is 0 Å². The summed E-state index contributed by atoms with van der Waals surface area (Å²) in [5.41, 5.74) is 5.99. The van der Waals surface area contributed by atoms with Gasteiger partial charge >= 0.3 is 0 Å². The molecule has 1 aliphatic heterocycles. The lowest BCUT2D eigenvalue weighted by Crippen LogP contribution is -2.39. The lowest BCUT2D eigenvalue weighted by Gasteiger charge is -2.34. The third-order valence-corrected chi connectivity index (χ3v) is 5.99. The second kappa shape index (κ2) is 4.41. The van der Waals surface area contributed by atoms with Crippen molar-refractivity contribution in [3.05, 3.63) is 20.8 Å². The molecule has 2 fully saturated rings. The van der Waals surface area contributed by atoms with E-state index in [4.69, 9.17) is 5.73 Å². The minimum atomic E-state index is 0.435. The number of hydrogen-bond donors (Lipinski definition) is 1. The van der Waals surface area contributed by atoms with Crippen LogP contribution in [0.15, 0.2) is 15.9 Å². The number of thiophene rings is 1. The normalized spacial score (nSPS) is 31.1. The van der Waals surface area contributed by atoms with Gasteiger partial charge in [0.2, 0.25) is 0 Å². The number of rotatable bonds is 3. The fraction of sp³-hybridized carbons (Fsp3) is 0.667. The maximum absolute atomic E-state index is 5.99. The van der Waals surface area contributed by atoms with Crippen molar-refractivity contribution >= 4 is 27.3 Å². The first kappa shape index (κ1) is 11.2. The minimum Gasteiger partial charge on any atom is -0.329 e. The molecule has 2 aliphatic rings. The molecule has 0 spiro atoms. The van der Waals surface area contributed by atoms with E-state index in [0.717, 1.165) is 18.5 Å². The lowest BCUT2D eigenvalue weighted by atomic mass is 10.1.